The number of fused-ring (bicyclic) bond motifs is 1. The Labute approximate surface area is 104 Å². The molecule has 2 aliphatic heterocycles. The Morgan fingerprint density at radius 1 is 1.20 bits per heavy atom. The van der Waals surface area contributed by atoms with E-state index in [-0.39, 0.29) is 36.1 Å². The van der Waals surface area contributed by atoms with Crippen LogP contribution in [0.4, 0.5) is 0 Å². The van der Waals surface area contributed by atoms with E-state index in [1.807, 2.05) is 19.0 Å². The van der Waals surface area contributed by atoms with E-state index in [1.165, 1.54) is 0 Å². The molecular weight excluding hydrogens is 259 g/mol. The summed E-state index contributed by atoms with van der Waals surface area (Å²) in [4.78, 5) is 2.04. The molecule has 0 aliphatic carbocycles. The second-order valence-corrected chi connectivity index (χ2v) is 6.49. The minimum absolute atomic E-state index is 0. The molecule has 92 valence electrons. The van der Waals surface area contributed by atoms with E-state index in [0.717, 1.165) is 6.54 Å². The maximum absolute atomic E-state index is 11.7. The third-order valence-electron chi connectivity index (χ3n) is 3.22. The summed E-state index contributed by atoms with van der Waals surface area (Å²) in [7, 11) is 1.10. The summed E-state index contributed by atoms with van der Waals surface area (Å²) >= 11 is 0. The van der Waals surface area contributed by atoms with E-state index < -0.39 is 9.84 Å². The molecule has 0 bridgehead atoms. The summed E-state index contributed by atoms with van der Waals surface area (Å²) in [5.74, 6) is 0.650. The molecule has 1 N–H and O–H groups in total. The fourth-order valence-corrected chi connectivity index (χ4v) is 4.92. The summed E-state index contributed by atoms with van der Waals surface area (Å²) in [5.41, 5.74) is 0. The highest BCUT2D eigenvalue weighted by atomic mass is 35.5. The molecule has 2 fully saturated rings. The third-order valence-corrected chi connectivity index (χ3v) is 5.47. The van der Waals surface area contributed by atoms with Gasteiger partial charge >= 0.3 is 0 Å². The van der Waals surface area contributed by atoms with Crippen molar-refractivity contribution >= 4 is 34.7 Å². The summed E-state index contributed by atoms with van der Waals surface area (Å²) in [6.07, 6.45) is 0. The minimum Gasteiger partial charge on any atom is -0.315 e. The Morgan fingerprint density at radius 3 is 2.33 bits per heavy atom. The molecule has 0 aromatic heterocycles. The van der Waals surface area contributed by atoms with Gasteiger partial charge in [-0.05, 0) is 14.1 Å². The van der Waals surface area contributed by atoms with Gasteiger partial charge in [-0.1, -0.05) is 0 Å². The van der Waals surface area contributed by atoms with Gasteiger partial charge in [0, 0.05) is 25.0 Å². The van der Waals surface area contributed by atoms with Crippen LogP contribution in [-0.2, 0) is 9.84 Å². The Morgan fingerprint density at radius 2 is 1.80 bits per heavy atom. The molecule has 0 aromatic rings. The highest BCUT2D eigenvalue weighted by Crippen LogP contribution is 2.32. The molecule has 0 unspecified atom stereocenters. The maximum Gasteiger partial charge on any atom is 0.156 e. The fourth-order valence-electron chi connectivity index (χ4n) is 2.47. The molecule has 0 spiro atoms. The van der Waals surface area contributed by atoms with Crippen LogP contribution in [-0.4, -0.2) is 57.5 Å². The number of hydrogen-bond donors (Lipinski definition) is 1. The third kappa shape index (κ3) is 2.58. The Hall–Kier alpha value is 0.450. The minimum atomic E-state index is -2.82. The van der Waals surface area contributed by atoms with Gasteiger partial charge in [0.05, 0.1) is 11.0 Å². The molecule has 7 heteroatoms. The molecule has 2 aliphatic rings. The second-order valence-electron chi connectivity index (χ2n) is 4.22. The van der Waals surface area contributed by atoms with Crippen LogP contribution >= 0.6 is 24.8 Å². The van der Waals surface area contributed by atoms with Crippen LogP contribution in [0, 0.1) is 5.92 Å². The lowest BCUT2D eigenvalue weighted by atomic mass is 10.00. The molecule has 0 amide bonds. The van der Waals surface area contributed by atoms with Crippen LogP contribution in [0.1, 0.15) is 0 Å². The molecule has 2 saturated heterocycles. The average molecular weight is 277 g/mol. The van der Waals surface area contributed by atoms with Gasteiger partial charge < -0.3 is 10.2 Å². The lowest BCUT2D eigenvalue weighted by molar-refractivity contribution is 0.256. The average Bonchev–Trinajstić information content (AvgIpc) is 2.53. The predicted octanol–water partition coefficient (Wildman–Crippen LogP) is -0.223. The standard InChI is InChI=1S/C8H16N2O2S.2ClH/c1-10(2)7-5-13(11,12)8-4-9-3-6(7)8;;/h6-9H,3-5H2,1-2H3;2*1H/t6-,7-,8-;;/m1../s1. The fraction of sp³-hybridized carbons (Fsp3) is 1.00. The van der Waals surface area contributed by atoms with Gasteiger partial charge in [0.1, 0.15) is 0 Å². The van der Waals surface area contributed by atoms with Crippen molar-refractivity contribution in [2.75, 3.05) is 32.9 Å². The predicted molar refractivity (Wildman–Crippen MR) is 65.9 cm³/mol. The highest BCUT2D eigenvalue weighted by Gasteiger charge is 2.50. The van der Waals surface area contributed by atoms with Crippen molar-refractivity contribution in [2.24, 2.45) is 5.92 Å². The topological polar surface area (TPSA) is 49.4 Å². The highest BCUT2D eigenvalue weighted by molar-refractivity contribution is 7.92. The van der Waals surface area contributed by atoms with Crippen molar-refractivity contribution in [3.63, 3.8) is 0 Å². The van der Waals surface area contributed by atoms with Crippen molar-refractivity contribution in [3.8, 4) is 0 Å². The van der Waals surface area contributed by atoms with Crippen molar-refractivity contribution in [3.05, 3.63) is 0 Å². The van der Waals surface area contributed by atoms with Gasteiger partial charge in [0.2, 0.25) is 0 Å². The zero-order valence-electron chi connectivity index (χ0n) is 8.84. The Kier molecular flexibility index (Phi) is 5.34. The molecule has 2 heterocycles. The number of nitrogens with one attached hydrogen (secondary N) is 1. The maximum atomic E-state index is 11.7. The van der Waals surface area contributed by atoms with E-state index in [0.29, 0.717) is 18.2 Å². The molecule has 0 saturated carbocycles. The largest absolute Gasteiger partial charge is 0.315 e. The summed E-state index contributed by atoms with van der Waals surface area (Å²) < 4.78 is 23.4. The first kappa shape index (κ1) is 15.4. The summed E-state index contributed by atoms with van der Waals surface area (Å²) in [6.45, 7) is 1.50. The Balaban J connectivity index is 0.000000980. The van der Waals surface area contributed by atoms with Gasteiger partial charge in [0.15, 0.2) is 9.84 Å². The zero-order valence-corrected chi connectivity index (χ0v) is 11.3. The van der Waals surface area contributed by atoms with Gasteiger partial charge in [-0.25, -0.2) is 8.42 Å². The van der Waals surface area contributed by atoms with Crippen molar-refractivity contribution < 1.29 is 8.42 Å². The first-order chi connectivity index (χ1) is 6.02. The van der Waals surface area contributed by atoms with E-state index in [4.69, 9.17) is 0 Å². The normalized spacial score (nSPS) is 36.9. The zero-order chi connectivity index (χ0) is 9.64. The second kappa shape index (κ2) is 5.19. The first-order valence-electron chi connectivity index (χ1n) is 4.61. The Bertz CT molecular complexity index is 308. The monoisotopic (exact) mass is 276 g/mol. The van der Waals surface area contributed by atoms with E-state index >= 15 is 0 Å². The number of halogens is 2. The van der Waals surface area contributed by atoms with Crippen LogP contribution in [0.5, 0.6) is 0 Å². The van der Waals surface area contributed by atoms with E-state index in [9.17, 15) is 8.42 Å². The van der Waals surface area contributed by atoms with Gasteiger partial charge in [-0.15, -0.1) is 24.8 Å². The van der Waals surface area contributed by atoms with Crippen molar-refractivity contribution in [2.45, 2.75) is 11.3 Å². The van der Waals surface area contributed by atoms with Crippen LogP contribution < -0.4 is 5.32 Å². The van der Waals surface area contributed by atoms with Crippen LogP contribution in [0.25, 0.3) is 0 Å². The quantitative estimate of drug-likeness (QED) is 0.720. The van der Waals surface area contributed by atoms with Crippen molar-refractivity contribution in [1.82, 2.24) is 10.2 Å². The molecule has 15 heavy (non-hydrogen) atoms. The summed E-state index contributed by atoms with van der Waals surface area (Å²) in [5, 5.41) is 3.03. The van der Waals surface area contributed by atoms with Crippen LogP contribution in [0.15, 0.2) is 0 Å². The first-order valence-corrected chi connectivity index (χ1v) is 6.32. The number of rotatable bonds is 1. The van der Waals surface area contributed by atoms with Gasteiger partial charge in [-0.3, -0.25) is 0 Å². The summed E-state index contributed by atoms with van der Waals surface area (Å²) in [6, 6.07) is 0.213. The molecule has 0 aromatic carbocycles. The molecular formula is C8H18Cl2N2O2S. The molecule has 2 rings (SSSR count). The number of sulfone groups is 1. The van der Waals surface area contributed by atoms with Crippen LogP contribution in [0.2, 0.25) is 0 Å². The molecule has 3 atom stereocenters. The van der Waals surface area contributed by atoms with Gasteiger partial charge in [0.25, 0.3) is 0 Å². The van der Waals surface area contributed by atoms with Gasteiger partial charge in [-0.2, -0.15) is 0 Å². The number of hydrogen-bond acceptors (Lipinski definition) is 4. The number of nitrogens with zero attached hydrogens (tertiary/aromatic N) is 1. The lowest BCUT2D eigenvalue weighted by Gasteiger charge is -2.23. The lowest BCUT2D eigenvalue weighted by Crippen LogP contribution is -2.36. The van der Waals surface area contributed by atoms with Crippen LogP contribution in [0.3, 0.4) is 0 Å². The molecule has 0 radical (unpaired) electrons. The SMILES string of the molecule is CN(C)[C@@H]1CS(=O)(=O)[C@@H]2CNC[C@H]12.Cl.Cl. The molecule has 4 nitrogen and oxygen atoms in total. The smallest absolute Gasteiger partial charge is 0.156 e. The van der Waals surface area contributed by atoms with Crippen molar-refractivity contribution in [1.29, 1.82) is 0 Å². The van der Waals surface area contributed by atoms with E-state index in [2.05, 4.69) is 5.32 Å². The van der Waals surface area contributed by atoms with E-state index in [1.54, 1.807) is 0 Å².